The van der Waals surface area contributed by atoms with Gasteiger partial charge in [0.05, 0.1) is 0 Å². The molecule has 0 saturated carbocycles. The van der Waals surface area contributed by atoms with Crippen LogP contribution in [0.25, 0.3) is 100 Å². The Morgan fingerprint density at radius 3 is 1.40 bits per heavy atom. The second-order valence-electron chi connectivity index (χ2n) is 13.2. The first-order chi connectivity index (χ1) is 26.3. The molecule has 2 aromatic heterocycles. The first kappa shape index (κ1) is 30.6. The molecular formula is C49H31N3O. The Morgan fingerprint density at radius 2 is 0.717 bits per heavy atom. The van der Waals surface area contributed by atoms with E-state index in [2.05, 4.69) is 133 Å². The average molecular weight is 678 g/mol. The van der Waals surface area contributed by atoms with E-state index < -0.39 is 0 Å². The Hall–Kier alpha value is -7.17. The fraction of sp³-hybridized carbons (Fsp3) is 0. The summed E-state index contributed by atoms with van der Waals surface area (Å²) in [7, 11) is 0. The van der Waals surface area contributed by atoms with Gasteiger partial charge in [0.2, 0.25) is 0 Å². The number of rotatable bonds is 6. The molecule has 0 spiro atoms. The quantitative estimate of drug-likeness (QED) is 0.176. The SMILES string of the molecule is c1ccc(-c2ccc(-c3nc(-c4ccccc4)nc(-c4ccc(-c5ccc(-c6ccccc6)c6oc7ccccc7c56)c5ccccc45)n3)cc2)cc1. The average Bonchev–Trinajstić information content (AvgIpc) is 3.64. The van der Waals surface area contributed by atoms with E-state index >= 15 is 0 Å². The van der Waals surface area contributed by atoms with Crippen LogP contribution in [-0.4, -0.2) is 15.0 Å². The van der Waals surface area contributed by atoms with E-state index in [0.717, 1.165) is 77.2 Å². The lowest BCUT2D eigenvalue weighted by molar-refractivity contribution is 0.670. The Balaban J connectivity index is 1.16. The van der Waals surface area contributed by atoms with E-state index in [1.807, 2.05) is 54.6 Å². The van der Waals surface area contributed by atoms with Crippen LogP contribution in [0.3, 0.4) is 0 Å². The minimum absolute atomic E-state index is 0.627. The second-order valence-corrected chi connectivity index (χ2v) is 13.2. The van der Waals surface area contributed by atoms with Crippen molar-refractivity contribution < 1.29 is 4.42 Å². The van der Waals surface area contributed by atoms with Crippen molar-refractivity contribution in [3.8, 4) is 67.5 Å². The van der Waals surface area contributed by atoms with Crippen LogP contribution in [0.4, 0.5) is 0 Å². The third kappa shape index (κ3) is 5.45. The number of furan rings is 1. The van der Waals surface area contributed by atoms with Crippen LogP contribution >= 0.6 is 0 Å². The smallest absolute Gasteiger partial charge is 0.164 e. The van der Waals surface area contributed by atoms with Gasteiger partial charge in [0.25, 0.3) is 0 Å². The summed E-state index contributed by atoms with van der Waals surface area (Å²) in [6.07, 6.45) is 0. The highest BCUT2D eigenvalue weighted by atomic mass is 16.3. The van der Waals surface area contributed by atoms with Crippen molar-refractivity contribution in [3.63, 3.8) is 0 Å². The molecular weight excluding hydrogens is 647 g/mol. The van der Waals surface area contributed by atoms with E-state index in [0.29, 0.717) is 17.5 Å². The first-order valence-electron chi connectivity index (χ1n) is 17.8. The van der Waals surface area contributed by atoms with Crippen molar-refractivity contribution in [2.75, 3.05) is 0 Å². The normalized spacial score (nSPS) is 11.4. The Labute approximate surface area is 306 Å². The molecule has 0 fully saturated rings. The maximum absolute atomic E-state index is 6.62. The molecule has 0 saturated heterocycles. The van der Waals surface area contributed by atoms with Gasteiger partial charge in [-0.05, 0) is 56.8 Å². The molecule has 248 valence electrons. The minimum Gasteiger partial charge on any atom is -0.455 e. The first-order valence-corrected chi connectivity index (χ1v) is 17.8. The topological polar surface area (TPSA) is 51.8 Å². The molecule has 0 amide bonds. The number of fused-ring (bicyclic) bond motifs is 4. The lowest BCUT2D eigenvalue weighted by Crippen LogP contribution is -2.00. The van der Waals surface area contributed by atoms with E-state index in [9.17, 15) is 0 Å². The molecule has 2 heterocycles. The van der Waals surface area contributed by atoms with Crippen molar-refractivity contribution >= 4 is 32.7 Å². The van der Waals surface area contributed by atoms with Crippen LogP contribution in [0.5, 0.6) is 0 Å². The largest absolute Gasteiger partial charge is 0.455 e. The van der Waals surface area contributed by atoms with Crippen LogP contribution in [-0.2, 0) is 0 Å². The molecule has 0 aliphatic rings. The summed E-state index contributed by atoms with van der Waals surface area (Å²) in [6, 6.07) is 65.0. The highest BCUT2D eigenvalue weighted by molar-refractivity contribution is 6.19. The van der Waals surface area contributed by atoms with Gasteiger partial charge in [0.1, 0.15) is 11.2 Å². The van der Waals surface area contributed by atoms with Crippen LogP contribution in [0.1, 0.15) is 0 Å². The highest BCUT2D eigenvalue weighted by Gasteiger charge is 2.20. The van der Waals surface area contributed by atoms with Gasteiger partial charge in [0.15, 0.2) is 17.5 Å². The van der Waals surface area contributed by atoms with E-state index in [1.165, 1.54) is 5.56 Å². The zero-order valence-electron chi connectivity index (χ0n) is 28.6. The predicted molar refractivity (Wildman–Crippen MR) is 217 cm³/mol. The summed E-state index contributed by atoms with van der Waals surface area (Å²) < 4.78 is 6.62. The summed E-state index contributed by atoms with van der Waals surface area (Å²) in [6.45, 7) is 0. The molecule has 53 heavy (non-hydrogen) atoms. The maximum Gasteiger partial charge on any atom is 0.164 e. The molecule has 0 atom stereocenters. The van der Waals surface area contributed by atoms with Crippen molar-refractivity contribution in [2.24, 2.45) is 0 Å². The monoisotopic (exact) mass is 677 g/mol. The number of para-hydroxylation sites is 1. The van der Waals surface area contributed by atoms with Crippen molar-refractivity contribution in [1.82, 2.24) is 15.0 Å². The number of nitrogens with zero attached hydrogens (tertiary/aromatic N) is 3. The van der Waals surface area contributed by atoms with Gasteiger partial charge in [0, 0.05) is 33.0 Å². The van der Waals surface area contributed by atoms with E-state index in [1.54, 1.807) is 0 Å². The molecule has 10 aromatic rings. The van der Waals surface area contributed by atoms with Gasteiger partial charge in [-0.25, -0.2) is 15.0 Å². The summed E-state index contributed by atoms with van der Waals surface area (Å²) in [5.41, 5.74) is 11.3. The van der Waals surface area contributed by atoms with Gasteiger partial charge in [-0.2, -0.15) is 0 Å². The molecule has 0 aliphatic carbocycles. The molecule has 0 N–H and O–H groups in total. The molecule has 0 aliphatic heterocycles. The van der Waals surface area contributed by atoms with Gasteiger partial charge < -0.3 is 4.42 Å². The maximum atomic E-state index is 6.62. The van der Waals surface area contributed by atoms with Gasteiger partial charge in [-0.1, -0.05) is 170 Å². The molecule has 0 unspecified atom stereocenters. The zero-order chi connectivity index (χ0) is 35.1. The lowest BCUT2D eigenvalue weighted by atomic mass is 9.90. The standard InChI is InChI=1S/C49H31N3O/c1-4-14-32(15-5-1)33-24-26-36(27-25-33)48-50-47(35-18-8-3-9-19-35)51-49(52-48)42-31-29-40(38-20-10-11-21-39(38)42)41-30-28-37(34-16-6-2-7-17-34)46-45(41)43-22-12-13-23-44(43)53-46/h1-31H. The summed E-state index contributed by atoms with van der Waals surface area (Å²) in [4.78, 5) is 15.3. The second kappa shape index (κ2) is 12.9. The van der Waals surface area contributed by atoms with Crippen LogP contribution < -0.4 is 0 Å². The van der Waals surface area contributed by atoms with E-state index in [-0.39, 0.29) is 0 Å². The number of benzene rings is 8. The van der Waals surface area contributed by atoms with Crippen molar-refractivity contribution in [1.29, 1.82) is 0 Å². The molecule has 10 rings (SSSR count). The van der Waals surface area contributed by atoms with Gasteiger partial charge in [-0.15, -0.1) is 0 Å². The number of hydrogen-bond acceptors (Lipinski definition) is 4. The fourth-order valence-electron chi connectivity index (χ4n) is 7.41. The molecule has 4 nitrogen and oxygen atoms in total. The van der Waals surface area contributed by atoms with Crippen LogP contribution in [0, 0.1) is 0 Å². The minimum atomic E-state index is 0.627. The van der Waals surface area contributed by atoms with Gasteiger partial charge >= 0.3 is 0 Å². The Kier molecular flexibility index (Phi) is 7.43. The lowest BCUT2D eigenvalue weighted by Gasteiger charge is -2.14. The molecule has 8 aromatic carbocycles. The van der Waals surface area contributed by atoms with Crippen LogP contribution in [0.15, 0.2) is 192 Å². The highest BCUT2D eigenvalue weighted by Crippen LogP contribution is 2.44. The van der Waals surface area contributed by atoms with E-state index in [4.69, 9.17) is 19.4 Å². The molecule has 0 radical (unpaired) electrons. The van der Waals surface area contributed by atoms with Crippen molar-refractivity contribution in [2.45, 2.75) is 0 Å². The number of hydrogen-bond donors (Lipinski definition) is 0. The fourth-order valence-corrected chi connectivity index (χ4v) is 7.41. The van der Waals surface area contributed by atoms with Crippen LogP contribution in [0.2, 0.25) is 0 Å². The third-order valence-corrected chi connectivity index (χ3v) is 9.98. The Bertz CT molecular complexity index is 2920. The predicted octanol–water partition coefficient (Wildman–Crippen LogP) is 12.9. The zero-order valence-corrected chi connectivity index (χ0v) is 28.6. The summed E-state index contributed by atoms with van der Waals surface area (Å²) in [5, 5.41) is 4.37. The molecule has 4 heteroatoms. The third-order valence-electron chi connectivity index (χ3n) is 9.98. The van der Waals surface area contributed by atoms with Gasteiger partial charge in [-0.3, -0.25) is 0 Å². The summed E-state index contributed by atoms with van der Waals surface area (Å²) >= 11 is 0. The summed E-state index contributed by atoms with van der Waals surface area (Å²) in [5.74, 6) is 1.89. The molecule has 0 bridgehead atoms. The Morgan fingerprint density at radius 1 is 0.283 bits per heavy atom. The number of aromatic nitrogens is 3. The van der Waals surface area contributed by atoms with Crippen molar-refractivity contribution in [3.05, 3.63) is 188 Å².